The largest absolute Gasteiger partial charge is 2.00 e. The van der Waals surface area contributed by atoms with E-state index < -0.39 is 0 Å². The minimum atomic E-state index is 0. The summed E-state index contributed by atoms with van der Waals surface area (Å²) in [6, 6.07) is 0. The second-order valence-corrected chi connectivity index (χ2v) is 0. The molecule has 8 heavy (non-hydrogen) atoms. The maximum absolute atomic E-state index is 0. The summed E-state index contributed by atoms with van der Waals surface area (Å²) in [5, 5.41) is 0. The molecule has 0 fully saturated rings. The van der Waals surface area contributed by atoms with Crippen molar-refractivity contribution in [2.24, 2.45) is 0 Å². The van der Waals surface area contributed by atoms with Crippen molar-refractivity contribution in [3.63, 3.8) is 0 Å². The Morgan fingerprint density at radius 1 is 0.625 bits per heavy atom. The van der Waals surface area contributed by atoms with Crippen LogP contribution in [0.1, 0.15) is 0 Å². The van der Waals surface area contributed by atoms with Crippen LogP contribution in [0.2, 0.25) is 0 Å². The fourth-order valence-corrected chi connectivity index (χ4v) is 0. The normalized spacial score (nSPS) is 0. The minimum absolute atomic E-state index is 0. The van der Waals surface area contributed by atoms with Gasteiger partial charge in [-0.2, -0.15) is 0 Å². The van der Waals surface area contributed by atoms with Crippen LogP contribution in [0.15, 0.2) is 0 Å². The Kier molecular flexibility index (Phi) is 697. The molecule has 4 nitrogen and oxygen atoms in total. The van der Waals surface area contributed by atoms with Gasteiger partial charge in [0.05, 0.1) is 0 Å². The van der Waals surface area contributed by atoms with Gasteiger partial charge in [0.15, 0.2) is 0 Å². The molecular weight excluding hydrogens is 380 g/mol. The summed E-state index contributed by atoms with van der Waals surface area (Å²) in [7, 11) is 0. The third-order valence-electron chi connectivity index (χ3n) is 0. The molecule has 0 radical (unpaired) electrons. The molecule has 0 unspecified atom stereocenters. The molecular formula is H4BaCaO4TiZr+2. The Morgan fingerprint density at radius 2 is 0.625 bits per heavy atom. The van der Waals surface area contributed by atoms with Gasteiger partial charge in [-0.15, -0.1) is 0 Å². The molecule has 4 N–H and O–H groups in total. The van der Waals surface area contributed by atoms with Crippen molar-refractivity contribution >= 4 is 86.6 Å². The van der Waals surface area contributed by atoms with Crippen LogP contribution in [0.25, 0.3) is 0 Å². The zero-order chi connectivity index (χ0) is 0. The van der Waals surface area contributed by atoms with E-state index in [0.717, 1.165) is 0 Å². The van der Waals surface area contributed by atoms with E-state index in [9.17, 15) is 0 Å². The Bertz CT molecular complexity index is 16.0. The molecule has 0 spiro atoms. The second-order valence-electron chi connectivity index (χ2n) is 0. The van der Waals surface area contributed by atoms with Crippen LogP contribution in [0, 0.1) is 0 Å². The van der Waals surface area contributed by atoms with E-state index in [1.165, 1.54) is 0 Å². The zero-order valence-corrected chi connectivity index (χ0v) is 14.9. The molecule has 0 aliphatic heterocycles. The van der Waals surface area contributed by atoms with Gasteiger partial charge < -0.3 is 21.9 Å². The first kappa shape index (κ1) is 85.5. The van der Waals surface area contributed by atoms with Crippen molar-refractivity contribution in [1.29, 1.82) is 0 Å². The van der Waals surface area contributed by atoms with Gasteiger partial charge in [0.2, 0.25) is 0 Å². The van der Waals surface area contributed by atoms with Gasteiger partial charge in [0, 0.05) is 21.7 Å². The first-order valence-corrected chi connectivity index (χ1v) is 0. The summed E-state index contributed by atoms with van der Waals surface area (Å²) in [6.07, 6.45) is 0. The van der Waals surface area contributed by atoms with E-state index >= 15 is 0 Å². The smallest absolute Gasteiger partial charge is 0.870 e. The van der Waals surface area contributed by atoms with E-state index in [1.807, 2.05) is 0 Å². The van der Waals surface area contributed by atoms with Gasteiger partial charge >= 0.3 is 113 Å². The SMILES string of the molecule is [Ba+2].[Ca+2].[OH-].[OH-].[OH-].[OH-].[Ti].[Zr+2]. The van der Waals surface area contributed by atoms with Crippen molar-refractivity contribution in [3.8, 4) is 0 Å². The summed E-state index contributed by atoms with van der Waals surface area (Å²) >= 11 is 0. The van der Waals surface area contributed by atoms with Crippen molar-refractivity contribution in [2.75, 3.05) is 0 Å². The molecule has 0 rings (SSSR count). The first-order chi connectivity index (χ1) is 0. The van der Waals surface area contributed by atoms with E-state index in [4.69, 9.17) is 0 Å². The van der Waals surface area contributed by atoms with E-state index in [2.05, 4.69) is 0 Å². The Hall–Kier alpha value is 4.27. The maximum Gasteiger partial charge on any atom is 2.00 e. The van der Waals surface area contributed by atoms with Crippen molar-refractivity contribution in [2.45, 2.75) is 0 Å². The van der Waals surface area contributed by atoms with Crippen molar-refractivity contribution in [3.05, 3.63) is 0 Å². The van der Waals surface area contributed by atoms with E-state index in [1.54, 1.807) is 0 Å². The zero-order valence-electron chi connectivity index (χ0n) is 4.20. The average molecular weight is 385 g/mol. The van der Waals surface area contributed by atoms with Crippen LogP contribution in [0.3, 0.4) is 0 Å². The second kappa shape index (κ2) is 65.2. The summed E-state index contributed by atoms with van der Waals surface area (Å²) in [4.78, 5) is 0. The molecule has 0 heterocycles. The predicted octanol–water partition coefficient (Wildman–Crippen LogP) is -1.47. The van der Waals surface area contributed by atoms with Crippen LogP contribution in [-0.2, 0) is 47.9 Å². The molecule has 0 aromatic heterocycles. The Balaban J connectivity index is 0. The van der Waals surface area contributed by atoms with Crippen molar-refractivity contribution < 1.29 is 69.8 Å². The van der Waals surface area contributed by atoms with Crippen LogP contribution in [0.4, 0.5) is 0 Å². The summed E-state index contributed by atoms with van der Waals surface area (Å²) in [6.45, 7) is 0. The number of hydrogen-bond acceptors (Lipinski definition) is 4. The third-order valence-corrected chi connectivity index (χ3v) is 0. The average Bonchev–Trinajstić information content (AvgIpc) is 0. The molecule has 0 atom stereocenters. The molecule has 8 heteroatoms. The predicted molar refractivity (Wildman–Crippen MR) is 19.3 cm³/mol. The minimum Gasteiger partial charge on any atom is -0.870 e. The molecule has 0 aromatic rings. The number of rotatable bonds is 0. The van der Waals surface area contributed by atoms with Crippen LogP contribution < -0.4 is 0 Å². The molecule has 0 aromatic carbocycles. The van der Waals surface area contributed by atoms with Gasteiger partial charge in [0.1, 0.15) is 0 Å². The van der Waals surface area contributed by atoms with E-state index in [-0.39, 0.29) is 156 Å². The Morgan fingerprint density at radius 3 is 0.625 bits per heavy atom. The molecule has 0 aliphatic rings. The fourth-order valence-electron chi connectivity index (χ4n) is 0. The van der Waals surface area contributed by atoms with Crippen LogP contribution in [0.5, 0.6) is 0 Å². The van der Waals surface area contributed by atoms with E-state index in [0.29, 0.717) is 0 Å². The topological polar surface area (TPSA) is 120 Å². The molecule has 0 saturated heterocycles. The molecule has 0 bridgehead atoms. The standard InChI is InChI=1S/Ba.Ca.4H2O.Ti.Zr/h;;4*1H2;;/q2*+2;;;;;;+2/p-4. The quantitative estimate of drug-likeness (QED) is 0.473. The first-order valence-electron chi connectivity index (χ1n) is 0. The number of hydrogen-bond donors (Lipinski definition) is 0. The summed E-state index contributed by atoms with van der Waals surface area (Å²) in [5.41, 5.74) is 0. The van der Waals surface area contributed by atoms with Gasteiger partial charge in [-0.25, -0.2) is 0 Å². The molecule has 0 aliphatic carbocycles. The fraction of sp³-hybridized carbons (Fsp3) is 0. The van der Waals surface area contributed by atoms with Gasteiger partial charge in [0.25, 0.3) is 0 Å². The maximum atomic E-state index is 0. The monoisotopic (exact) mass is 384 g/mol. The molecule has 0 saturated carbocycles. The molecule has 38 valence electrons. The van der Waals surface area contributed by atoms with Gasteiger partial charge in [-0.1, -0.05) is 0 Å². The molecule has 0 amide bonds. The van der Waals surface area contributed by atoms with Crippen molar-refractivity contribution in [1.82, 2.24) is 0 Å². The van der Waals surface area contributed by atoms with Crippen LogP contribution >= 0.6 is 0 Å². The third kappa shape index (κ3) is 48.4. The van der Waals surface area contributed by atoms with Crippen LogP contribution in [-0.4, -0.2) is 109 Å². The Labute approximate surface area is 152 Å². The summed E-state index contributed by atoms with van der Waals surface area (Å²) < 4.78 is 0. The van der Waals surface area contributed by atoms with Gasteiger partial charge in [-0.3, -0.25) is 0 Å². The van der Waals surface area contributed by atoms with Gasteiger partial charge in [-0.05, 0) is 0 Å². The summed E-state index contributed by atoms with van der Waals surface area (Å²) in [5.74, 6) is 0.